The predicted molar refractivity (Wildman–Crippen MR) is 99.6 cm³/mol. The zero-order valence-corrected chi connectivity index (χ0v) is 16.9. The van der Waals surface area contributed by atoms with Crippen LogP contribution < -0.4 is 10.8 Å². The highest BCUT2D eigenvalue weighted by molar-refractivity contribution is 7.80. The predicted octanol–water partition coefficient (Wildman–Crippen LogP) is -1.09. The fraction of sp³-hybridized carbons (Fsp3) is 0.688. The fourth-order valence-corrected chi connectivity index (χ4v) is 4.62. The molecule has 1 aromatic heterocycles. The Hall–Kier alpha value is -2.26. The largest absolute Gasteiger partial charge is 0.418 e. The zero-order chi connectivity index (χ0) is 21.3. The normalized spacial score (nSPS) is 28.9. The summed E-state index contributed by atoms with van der Waals surface area (Å²) < 4.78 is 36.9. The van der Waals surface area contributed by atoms with Gasteiger partial charge in [0, 0.05) is 38.1 Å². The van der Waals surface area contributed by atoms with Gasteiger partial charge in [0.25, 0.3) is 5.91 Å². The van der Waals surface area contributed by atoms with Gasteiger partial charge in [-0.2, -0.15) is 18.6 Å². The average molecular weight is 444 g/mol. The minimum absolute atomic E-state index is 0.0914. The summed E-state index contributed by atoms with van der Waals surface area (Å²) in [5.74, 6) is -0.0675. The van der Waals surface area contributed by atoms with Crippen molar-refractivity contribution in [3.63, 3.8) is 0 Å². The summed E-state index contributed by atoms with van der Waals surface area (Å²) in [7, 11) is -4.82. The average Bonchev–Trinajstić information content (AvgIpc) is 3.40. The number of carbonyl (C=O) groups is 2. The van der Waals surface area contributed by atoms with Crippen LogP contribution in [0.25, 0.3) is 0 Å². The number of amides is 3. The molecule has 14 heteroatoms. The Morgan fingerprint density at radius 3 is 2.97 bits per heavy atom. The van der Waals surface area contributed by atoms with Gasteiger partial charge >= 0.3 is 16.4 Å². The van der Waals surface area contributed by atoms with Gasteiger partial charge in [-0.15, -0.1) is 4.28 Å². The lowest BCUT2D eigenvalue weighted by Gasteiger charge is -2.29. The number of hydroxylamine groups is 3. The highest BCUT2D eigenvalue weighted by Gasteiger charge is 2.49. The molecule has 1 aromatic rings. The van der Waals surface area contributed by atoms with Crippen molar-refractivity contribution in [2.75, 3.05) is 19.7 Å². The van der Waals surface area contributed by atoms with E-state index in [-0.39, 0.29) is 19.2 Å². The first kappa shape index (κ1) is 21.0. The molecule has 30 heavy (non-hydrogen) atoms. The van der Waals surface area contributed by atoms with Crippen molar-refractivity contribution < 1.29 is 31.7 Å². The molecular formula is C16H24N6O7S. The van der Waals surface area contributed by atoms with Crippen LogP contribution >= 0.6 is 0 Å². The van der Waals surface area contributed by atoms with E-state index in [0.717, 1.165) is 19.5 Å². The third kappa shape index (κ3) is 4.73. The molecule has 0 saturated carbocycles. The number of hydrogen-bond acceptors (Lipinski definition) is 8. The molecule has 3 aliphatic heterocycles. The van der Waals surface area contributed by atoms with Crippen LogP contribution in [0.5, 0.6) is 0 Å². The van der Waals surface area contributed by atoms with E-state index in [1.54, 1.807) is 6.20 Å². The van der Waals surface area contributed by atoms with Gasteiger partial charge in [0.2, 0.25) is 0 Å². The Morgan fingerprint density at radius 1 is 1.40 bits per heavy atom. The number of aromatic nitrogens is 2. The summed E-state index contributed by atoms with van der Waals surface area (Å²) in [6.07, 6.45) is 5.22. The van der Waals surface area contributed by atoms with Gasteiger partial charge in [0.15, 0.2) is 0 Å². The van der Waals surface area contributed by atoms with E-state index in [1.165, 1.54) is 4.90 Å². The molecule has 3 fully saturated rings. The van der Waals surface area contributed by atoms with Crippen molar-refractivity contribution in [2.45, 2.75) is 43.9 Å². The van der Waals surface area contributed by atoms with E-state index in [0.29, 0.717) is 23.8 Å². The monoisotopic (exact) mass is 444 g/mol. The van der Waals surface area contributed by atoms with Crippen molar-refractivity contribution in [3.05, 3.63) is 18.5 Å². The third-order valence-electron chi connectivity index (χ3n) is 5.57. The third-order valence-corrected chi connectivity index (χ3v) is 5.92. The Kier molecular flexibility index (Phi) is 5.92. The second-order valence-corrected chi connectivity index (χ2v) is 8.73. The second-order valence-electron chi connectivity index (χ2n) is 7.72. The lowest BCUT2D eigenvalue weighted by molar-refractivity contribution is -0.139. The molecule has 0 spiro atoms. The van der Waals surface area contributed by atoms with Gasteiger partial charge in [0.1, 0.15) is 6.04 Å². The van der Waals surface area contributed by atoms with Crippen LogP contribution in [0.15, 0.2) is 18.5 Å². The molecule has 0 unspecified atom stereocenters. The van der Waals surface area contributed by atoms with E-state index in [4.69, 9.17) is 9.39 Å². The van der Waals surface area contributed by atoms with Crippen LogP contribution in [0, 0.1) is 5.92 Å². The quantitative estimate of drug-likeness (QED) is 0.335. The van der Waals surface area contributed by atoms with Crippen LogP contribution in [-0.2, 0) is 30.9 Å². The van der Waals surface area contributed by atoms with E-state index in [2.05, 4.69) is 20.2 Å². The summed E-state index contributed by atoms with van der Waals surface area (Å²) in [5, 5.41) is 8.15. The molecule has 0 radical (unpaired) electrons. The number of hydrogen-bond donors (Lipinski definition) is 3. The van der Waals surface area contributed by atoms with Crippen LogP contribution in [0.4, 0.5) is 4.79 Å². The second kappa shape index (κ2) is 8.47. The minimum atomic E-state index is -4.82. The van der Waals surface area contributed by atoms with Gasteiger partial charge in [-0.3, -0.25) is 18.9 Å². The highest BCUT2D eigenvalue weighted by Crippen LogP contribution is 2.30. The maximum Gasteiger partial charge on any atom is 0.418 e. The molecule has 3 saturated heterocycles. The number of carbonyl (C=O) groups excluding carboxylic acids is 2. The van der Waals surface area contributed by atoms with Gasteiger partial charge < -0.3 is 10.2 Å². The molecule has 2 bridgehead atoms. The SMILES string of the molecule is O=C(NOC[C@@H]1C[C@@H](Cn2cccn2)CN1)[C@@H]1CC[C@@H]2CN1C(=O)N2OS(=O)(=O)O. The molecular weight excluding hydrogens is 420 g/mol. The highest BCUT2D eigenvalue weighted by atomic mass is 32.3. The summed E-state index contributed by atoms with van der Waals surface area (Å²) >= 11 is 0. The molecule has 3 N–H and O–H groups in total. The molecule has 13 nitrogen and oxygen atoms in total. The smallest absolute Gasteiger partial charge is 0.311 e. The summed E-state index contributed by atoms with van der Waals surface area (Å²) in [4.78, 5) is 31.4. The van der Waals surface area contributed by atoms with E-state index in [1.807, 2.05) is 16.9 Å². The number of urea groups is 1. The van der Waals surface area contributed by atoms with E-state index in [9.17, 15) is 18.0 Å². The van der Waals surface area contributed by atoms with Gasteiger partial charge in [-0.1, -0.05) is 0 Å². The van der Waals surface area contributed by atoms with Crippen LogP contribution in [0.2, 0.25) is 0 Å². The lowest BCUT2D eigenvalue weighted by atomic mass is 10.0. The van der Waals surface area contributed by atoms with Crippen molar-refractivity contribution in [2.24, 2.45) is 5.92 Å². The molecule has 4 rings (SSSR count). The van der Waals surface area contributed by atoms with Crippen molar-refractivity contribution in [3.8, 4) is 0 Å². The molecule has 4 atom stereocenters. The Bertz CT molecular complexity index is 879. The summed E-state index contributed by atoms with van der Waals surface area (Å²) in [5.41, 5.74) is 2.39. The van der Waals surface area contributed by atoms with Crippen molar-refractivity contribution in [1.82, 2.24) is 30.5 Å². The number of nitrogens with one attached hydrogen (secondary N) is 2. The Morgan fingerprint density at radius 2 is 2.23 bits per heavy atom. The molecule has 0 aromatic carbocycles. The van der Waals surface area contributed by atoms with E-state index >= 15 is 0 Å². The molecule has 0 aliphatic carbocycles. The molecule has 166 valence electrons. The fourth-order valence-electron chi connectivity index (χ4n) is 4.23. The number of piperidine rings is 1. The first-order valence-corrected chi connectivity index (χ1v) is 11.1. The maximum absolute atomic E-state index is 12.5. The Balaban J connectivity index is 1.22. The Labute approximate surface area is 173 Å². The molecule has 3 aliphatic rings. The van der Waals surface area contributed by atoms with Crippen LogP contribution in [0.3, 0.4) is 0 Å². The molecule has 4 heterocycles. The first-order valence-electron chi connectivity index (χ1n) is 9.69. The number of fused-ring (bicyclic) bond motifs is 2. The topological polar surface area (TPSA) is 155 Å². The standard InChI is InChI=1S/C16H24N6O7S/c23-15(14-3-2-13-9-21(14)16(24)22(13)29-30(25,26)27)19-28-10-12-6-11(7-17-12)8-20-5-1-4-18-20/h1,4-5,11-14,17H,2-3,6-10H2,(H,19,23)(H,25,26,27)/t11-,12+,13-,14+/m1/s1. The van der Waals surface area contributed by atoms with Crippen LogP contribution in [0.1, 0.15) is 19.3 Å². The van der Waals surface area contributed by atoms with E-state index < -0.39 is 34.4 Å². The van der Waals surface area contributed by atoms with Crippen LogP contribution in [-0.4, -0.2) is 82.5 Å². The summed E-state index contributed by atoms with van der Waals surface area (Å²) in [6, 6.07) is -0.153. The van der Waals surface area contributed by atoms with Crippen molar-refractivity contribution >= 4 is 22.3 Å². The maximum atomic E-state index is 12.5. The van der Waals surface area contributed by atoms with Gasteiger partial charge in [0.05, 0.1) is 12.6 Å². The first-order chi connectivity index (χ1) is 14.3. The number of rotatable bonds is 8. The lowest BCUT2D eigenvalue weighted by Crippen LogP contribution is -2.50. The molecule has 3 amide bonds. The van der Waals surface area contributed by atoms with Gasteiger partial charge in [-0.25, -0.2) is 10.3 Å². The minimum Gasteiger partial charge on any atom is -0.311 e. The summed E-state index contributed by atoms with van der Waals surface area (Å²) in [6.45, 7) is 2.05. The zero-order valence-electron chi connectivity index (χ0n) is 16.1. The van der Waals surface area contributed by atoms with Crippen molar-refractivity contribution in [1.29, 1.82) is 0 Å². The van der Waals surface area contributed by atoms with Gasteiger partial charge in [-0.05, 0) is 31.2 Å². The number of nitrogens with zero attached hydrogens (tertiary/aromatic N) is 4.